The van der Waals surface area contributed by atoms with Gasteiger partial charge in [-0.3, -0.25) is 5.01 Å². The number of allylic oxidation sites excluding steroid dienone is 2. The van der Waals surface area contributed by atoms with Crippen molar-refractivity contribution in [1.82, 2.24) is 5.01 Å². The van der Waals surface area contributed by atoms with Crippen molar-refractivity contribution >= 4 is 18.5 Å². The van der Waals surface area contributed by atoms with E-state index in [9.17, 15) is 4.39 Å². The highest BCUT2D eigenvalue weighted by Crippen LogP contribution is 2.02. The molecular weight excluding hydrogens is 139 g/mol. The molecule has 0 bridgehead atoms. The number of rotatable bonds is 1. The Labute approximate surface area is 57.8 Å². The van der Waals surface area contributed by atoms with E-state index < -0.39 is 5.83 Å². The predicted molar refractivity (Wildman–Crippen MR) is 36.9 cm³/mol. The lowest BCUT2D eigenvalue weighted by molar-refractivity contribution is 0.467. The third kappa shape index (κ3) is 1.59. The lowest BCUT2D eigenvalue weighted by Gasteiger charge is -2.08. The van der Waals surface area contributed by atoms with Crippen molar-refractivity contribution in [2.45, 2.75) is 0 Å². The number of nitrogens with zero attached hydrogens (tertiary/aromatic N) is 2. The number of thiol groups is 1. The number of hydrogen-bond acceptors (Lipinski definition) is 3. The molecule has 9 heavy (non-hydrogen) atoms. The summed E-state index contributed by atoms with van der Waals surface area (Å²) >= 11 is 3.90. The minimum absolute atomic E-state index is 0.441. The molecule has 0 aromatic rings. The van der Waals surface area contributed by atoms with E-state index in [2.05, 4.69) is 23.6 Å². The van der Waals surface area contributed by atoms with Crippen molar-refractivity contribution in [3.8, 4) is 0 Å². The molecule has 0 fully saturated rings. The van der Waals surface area contributed by atoms with Gasteiger partial charge in [0.15, 0.2) is 5.83 Å². The summed E-state index contributed by atoms with van der Waals surface area (Å²) in [4.78, 5) is 0. The SMILES string of the molecule is FC1=C=NN(CS)C=C1. The van der Waals surface area contributed by atoms with Gasteiger partial charge in [-0.1, -0.05) is 0 Å². The Kier molecular flexibility index (Phi) is 1.92. The third-order valence-electron chi connectivity index (χ3n) is 0.823. The molecule has 1 rings (SSSR count). The van der Waals surface area contributed by atoms with Crippen molar-refractivity contribution in [2.75, 3.05) is 5.88 Å². The molecule has 1 aliphatic rings. The largest absolute Gasteiger partial charge is 0.255 e. The topological polar surface area (TPSA) is 15.6 Å². The van der Waals surface area contributed by atoms with Crippen LogP contribution in [0.5, 0.6) is 0 Å². The molecule has 0 aromatic carbocycles. The van der Waals surface area contributed by atoms with Crippen LogP contribution in [0.15, 0.2) is 23.2 Å². The predicted octanol–water partition coefficient (Wildman–Crippen LogP) is 1.14. The van der Waals surface area contributed by atoms with Crippen LogP contribution in [0, 0.1) is 0 Å². The molecule has 0 spiro atoms. The van der Waals surface area contributed by atoms with E-state index in [1.54, 1.807) is 0 Å². The zero-order valence-corrected chi connectivity index (χ0v) is 5.48. The van der Waals surface area contributed by atoms with E-state index in [1.807, 2.05) is 0 Å². The number of hydrogen-bond donors (Lipinski definition) is 1. The fourth-order valence-corrected chi connectivity index (χ4v) is 0.570. The van der Waals surface area contributed by atoms with Crippen molar-refractivity contribution in [3.05, 3.63) is 18.1 Å². The Morgan fingerprint density at radius 3 is 3.11 bits per heavy atom. The van der Waals surface area contributed by atoms with E-state index in [1.165, 1.54) is 17.3 Å². The minimum atomic E-state index is -0.451. The molecule has 48 valence electrons. The van der Waals surface area contributed by atoms with Gasteiger partial charge in [-0.25, -0.2) is 0 Å². The summed E-state index contributed by atoms with van der Waals surface area (Å²) in [5.74, 6) is 2.14. The van der Waals surface area contributed by atoms with Gasteiger partial charge in [-0.2, -0.15) is 17.0 Å². The molecule has 1 aliphatic heterocycles. The van der Waals surface area contributed by atoms with Crippen LogP contribution in [0.1, 0.15) is 0 Å². The molecule has 0 atom stereocenters. The van der Waals surface area contributed by atoms with Gasteiger partial charge >= 0.3 is 0 Å². The quantitative estimate of drug-likeness (QED) is 0.545. The first kappa shape index (κ1) is 6.39. The Bertz CT molecular complexity index is 193. The summed E-state index contributed by atoms with van der Waals surface area (Å²) in [5, 5.41) is 5.00. The fraction of sp³-hybridized carbons (Fsp3) is 0.200. The molecule has 0 aromatic heterocycles. The molecular formula is C5H5FN2S. The molecule has 4 heteroatoms. The monoisotopic (exact) mass is 144 g/mol. The van der Waals surface area contributed by atoms with E-state index in [0.29, 0.717) is 5.88 Å². The number of halogens is 1. The van der Waals surface area contributed by atoms with Gasteiger partial charge in [0, 0.05) is 18.1 Å². The van der Waals surface area contributed by atoms with Gasteiger partial charge in [0.05, 0.1) is 5.88 Å². The van der Waals surface area contributed by atoms with Crippen LogP contribution in [0.3, 0.4) is 0 Å². The van der Waals surface area contributed by atoms with Gasteiger partial charge < -0.3 is 0 Å². The smallest absolute Gasteiger partial charge is 0.187 e. The second-order valence-corrected chi connectivity index (χ2v) is 1.74. The summed E-state index contributed by atoms with van der Waals surface area (Å²) in [6.45, 7) is 0. The molecule has 1 heterocycles. The first-order valence-electron chi connectivity index (χ1n) is 2.38. The average Bonchev–Trinajstić information content (AvgIpc) is 1.90. The standard InChI is InChI=1S/C5H5FN2S/c6-5-1-2-8(4-9)7-3-5/h1-2,9H,4H2. The summed E-state index contributed by atoms with van der Waals surface area (Å²) in [5.41, 5.74) is 0. The lowest BCUT2D eigenvalue weighted by Crippen LogP contribution is -2.07. The van der Waals surface area contributed by atoms with Gasteiger partial charge in [0.25, 0.3) is 0 Å². The zero-order valence-electron chi connectivity index (χ0n) is 4.58. The molecule has 0 N–H and O–H groups in total. The molecule has 0 radical (unpaired) electrons. The lowest BCUT2D eigenvalue weighted by atomic mass is 10.5. The van der Waals surface area contributed by atoms with E-state index >= 15 is 0 Å². The van der Waals surface area contributed by atoms with E-state index in [0.717, 1.165) is 0 Å². The van der Waals surface area contributed by atoms with Gasteiger partial charge in [-0.05, 0) is 0 Å². The highest BCUT2D eigenvalue weighted by molar-refractivity contribution is 7.80. The second kappa shape index (κ2) is 2.71. The minimum Gasteiger partial charge on any atom is -0.255 e. The molecule has 0 saturated heterocycles. The number of hydrazone groups is 1. The summed E-state index contributed by atoms with van der Waals surface area (Å²) in [7, 11) is 0. The summed E-state index contributed by atoms with van der Waals surface area (Å²) in [6, 6.07) is 0. The fourth-order valence-electron chi connectivity index (χ4n) is 0.413. The van der Waals surface area contributed by atoms with Crippen molar-refractivity contribution in [1.29, 1.82) is 0 Å². The van der Waals surface area contributed by atoms with Crippen LogP contribution in [0.4, 0.5) is 4.39 Å². The van der Waals surface area contributed by atoms with Crippen LogP contribution in [0.2, 0.25) is 0 Å². The normalized spacial score (nSPS) is 16.2. The van der Waals surface area contributed by atoms with Crippen molar-refractivity contribution in [3.63, 3.8) is 0 Å². The van der Waals surface area contributed by atoms with E-state index in [4.69, 9.17) is 0 Å². The maximum atomic E-state index is 12.1. The van der Waals surface area contributed by atoms with Crippen molar-refractivity contribution < 1.29 is 4.39 Å². The maximum Gasteiger partial charge on any atom is 0.187 e. The van der Waals surface area contributed by atoms with Crippen LogP contribution in [0.25, 0.3) is 0 Å². The van der Waals surface area contributed by atoms with Crippen LogP contribution in [-0.4, -0.2) is 16.8 Å². The Balaban J connectivity index is 2.72. The Morgan fingerprint density at radius 2 is 2.67 bits per heavy atom. The third-order valence-corrected chi connectivity index (χ3v) is 1.11. The van der Waals surface area contributed by atoms with Crippen LogP contribution >= 0.6 is 12.6 Å². The molecule has 0 aliphatic carbocycles. The van der Waals surface area contributed by atoms with Crippen LogP contribution in [-0.2, 0) is 0 Å². The van der Waals surface area contributed by atoms with Gasteiger partial charge in [0.1, 0.15) is 0 Å². The molecule has 0 saturated carbocycles. The van der Waals surface area contributed by atoms with Gasteiger partial charge in [-0.15, -0.1) is 5.10 Å². The van der Waals surface area contributed by atoms with Crippen LogP contribution < -0.4 is 0 Å². The molecule has 0 amide bonds. The molecule has 2 nitrogen and oxygen atoms in total. The highest BCUT2D eigenvalue weighted by Gasteiger charge is 1.95. The highest BCUT2D eigenvalue weighted by atomic mass is 32.1. The summed E-state index contributed by atoms with van der Waals surface area (Å²) in [6.07, 6.45) is 2.78. The maximum absolute atomic E-state index is 12.1. The Hall–Kier alpha value is -0.730. The average molecular weight is 144 g/mol. The first-order valence-corrected chi connectivity index (χ1v) is 3.01. The molecule has 0 unspecified atom stereocenters. The summed E-state index contributed by atoms with van der Waals surface area (Å²) < 4.78 is 12.1. The van der Waals surface area contributed by atoms with Crippen molar-refractivity contribution in [2.24, 2.45) is 5.10 Å². The second-order valence-electron chi connectivity index (χ2n) is 1.46. The zero-order chi connectivity index (χ0) is 6.69. The van der Waals surface area contributed by atoms with Gasteiger partial charge in [0.2, 0.25) is 0 Å². The Morgan fingerprint density at radius 1 is 1.89 bits per heavy atom. The first-order chi connectivity index (χ1) is 4.33. The van der Waals surface area contributed by atoms with E-state index in [-0.39, 0.29) is 0 Å².